The van der Waals surface area contributed by atoms with Crippen molar-refractivity contribution in [1.29, 1.82) is 0 Å². The molecule has 1 amide bonds. The summed E-state index contributed by atoms with van der Waals surface area (Å²) >= 11 is 0. The molecule has 4 N–H and O–H groups in total. The highest BCUT2D eigenvalue weighted by molar-refractivity contribution is 6.04. The van der Waals surface area contributed by atoms with Crippen LogP contribution in [0.5, 0.6) is 0 Å². The molecule has 5 nitrogen and oxygen atoms in total. The van der Waals surface area contributed by atoms with E-state index in [1.165, 1.54) is 0 Å². The van der Waals surface area contributed by atoms with E-state index in [2.05, 4.69) is 15.5 Å². The van der Waals surface area contributed by atoms with Gasteiger partial charge in [-0.2, -0.15) is 5.10 Å². The number of aromatic amines is 1. The van der Waals surface area contributed by atoms with Crippen molar-refractivity contribution in [2.45, 2.75) is 13.3 Å². The number of nitrogens with one attached hydrogen (secondary N) is 2. The number of amides is 1. The highest BCUT2D eigenvalue weighted by atomic mass is 16.1. The average Bonchev–Trinajstić information content (AvgIpc) is 2.76. The number of aryl methyl sites for hydroxylation is 1. The van der Waals surface area contributed by atoms with Gasteiger partial charge in [-0.15, -0.1) is 0 Å². The number of benzene rings is 1. The Labute approximate surface area is 105 Å². The van der Waals surface area contributed by atoms with E-state index in [4.69, 9.17) is 5.73 Å². The second kappa shape index (κ2) is 5.46. The van der Waals surface area contributed by atoms with Crippen LogP contribution in [0.1, 0.15) is 21.5 Å². The van der Waals surface area contributed by atoms with Gasteiger partial charge in [0.15, 0.2) is 0 Å². The van der Waals surface area contributed by atoms with Gasteiger partial charge in [0.25, 0.3) is 5.91 Å². The summed E-state index contributed by atoms with van der Waals surface area (Å²) in [5.74, 6) is 0.477. The SMILES string of the molecule is Cc1cn[nH]c1NC(=O)c1cccc(CCN)c1. The minimum absolute atomic E-state index is 0.152. The minimum atomic E-state index is -0.152. The van der Waals surface area contributed by atoms with E-state index in [9.17, 15) is 4.79 Å². The standard InChI is InChI=1S/C13H16N4O/c1-9-8-15-17-12(9)16-13(18)11-4-2-3-10(7-11)5-6-14/h2-4,7-8H,5-6,14H2,1H3,(H2,15,16,17,18). The monoisotopic (exact) mass is 244 g/mol. The maximum Gasteiger partial charge on any atom is 0.256 e. The molecule has 0 unspecified atom stereocenters. The van der Waals surface area contributed by atoms with E-state index < -0.39 is 0 Å². The summed E-state index contributed by atoms with van der Waals surface area (Å²) < 4.78 is 0. The van der Waals surface area contributed by atoms with E-state index in [1.54, 1.807) is 12.3 Å². The number of anilines is 1. The van der Waals surface area contributed by atoms with E-state index >= 15 is 0 Å². The second-order valence-electron chi connectivity index (χ2n) is 4.12. The number of carbonyl (C=O) groups is 1. The summed E-state index contributed by atoms with van der Waals surface area (Å²) in [5, 5.41) is 9.39. The maximum absolute atomic E-state index is 12.0. The number of hydrogen-bond acceptors (Lipinski definition) is 3. The van der Waals surface area contributed by atoms with Gasteiger partial charge in [0, 0.05) is 11.1 Å². The number of H-pyrrole nitrogens is 1. The summed E-state index contributed by atoms with van der Waals surface area (Å²) in [7, 11) is 0. The fourth-order valence-electron chi connectivity index (χ4n) is 1.69. The van der Waals surface area contributed by atoms with Gasteiger partial charge in [-0.1, -0.05) is 12.1 Å². The zero-order valence-electron chi connectivity index (χ0n) is 10.2. The molecule has 0 aliphatic carbocycles. The molecule has 0 saturated carbocycles. The smallest absolute Gasteiger partial charge is 0.256 e. The van der Waals surface area contributed by atoms with Gasteiger partial charge < -0.3 is 11.1 Å². The molecule has 2 rings (SSSR count). The summed E-state index contributed by atoms with van der Waals surface area (Å²) in [5.41, 5.74) is 8.09. The predicted molar refractivity (Wildman–Crippen MR) is 70.5 cm³/mol. The molecular formula is C13H16N4O. The first-order chi connectivity index (χ1) is 8.70. The van der Waals surface area contributed by atoms with Gasteiger partial charge in [0.05, 0.1) is 6.20 Å². The topological polar surface area (TPSA) is 83.8 Å². The Hall–Kier alpha value is -2.14. The lowest BCUT2D eigenvalue weighted by molar-refractivity contribution is 0.102. The van der Waals surface area contributed by atoms with Crippen molar-refractivity contribution >= 4 is 11.7 Å². The van der Waals surface area contributed by atoms with Gasteiger partial charge in [-0.3, -0.25) is 9.89 Å². The molecule has 0 fully saturated rings. The molecule has 18 heavy (non-hydrogen) atoms. The third-order valence-corrected chi connectivity index (χ3v) is 2.69. The Kier molecular flexibility index (Phi) is 3.74. The fourth-order valence-corrected chi connectivity index (χ4v) is 1.69. The number of aromatic nitrogens is 2. The molecule has 5 heteroatoms. The number of hydrogen-bond donors (Lipinski definition) is 3. The van der Waals surface area contributed by atoms with Crippen LogP contribution in [0, 0.1) is 6.92 Å². The molecule has 0 bridgehead atoms. The van der Waals surface area contributed by atoms with Crippen LogP contribution in [0.4, 0.5) is 5.82 Å². The van der Waals surface area contributed by atoms with Crippen LogP contribution in [0.15, 0.2) is 30.5 Å². The lowest BCUT2D eigenvalue weighted by Crippen LogP contribution is -2.13. The lowest BCUT2D eigenvalue weighted by Gasteiger charge is -2.05. The summed E-state index contributed by atoms with van der Waals surface area (Å²) in [6, 6.07) is 7.46. The largest absolute Gasteiger partial charge is 0.330 e. The Bertz CT molecular complexity index is 547. The van der Waals surface area contributed by atoms with Crippen molar-refractivity contribution < 1.29 is 4.79 Å². The Morgan fingerprint density at radius 2 is 2.33 bits per heavy atom. The number of nitrogens with two attached hydrogens (primary N) is 1. The Morgan fingerprint density at radius 1 is 1.50 bits per heavy atom. The van der Waals surface area contributed by atoms with Gasteiger partial charge >= 0.3 is 0 Å². The van der Waals surface area contributed by atoms with Crippen LogP contribution in [-0.2, 0) is 6.42 Å². The maximum atomic E-state index is 12.0. The highest BCUT2D eigenvalue weighted by Gasteiger charge is 2.09. The van der Waals surface area contributed by atoms with Gasteiger partial charge in [-0.05, 0) is 37.6 Å². The lowest BCUT2D eigenvalue weighted by atomic mass is 10.1. The molecule has 0 spiro atoms. The molecular weight excluding hydrogens is 228 g/mol. The molecule has 1 aromatic heterocycles. The van der Waals surface area contributed by atoms with Crippen LogP contribution < -0.4 is 11.1 Å². The van der Waals surface area contributed by atoms with E-state index in [0.717, 1.165) is 17.5 Å². The van der Waals surface area contributed by atoms with Crippen molar-refractivity contribution in [3.63, 3.8) is 0 Å². The van der Waals surface area contributed by atoms with Crippen LogP contribution in [0.25, 0.3) is 0 Å². The molecule has 2 aromatic rings. The molecule has 0 aliphatic rings. The minimum Gasteiger partial charge on any atom is -0.330 e. The zero-order chi connectivity index (χ0) is 13.0. The van der Waals surface area contributed by atoms with Crippen LogP contribution in [-0.4, -0.2) is 22.6 Å². The Morgan fingerprint density at radius 3 is 3.00 bits per heavy atom. The molecule has 94 valence electrons. The van der Waals surface area contributed by atoms with Gasteiger partial charge in [0.1, 0.15) is 5.82 Å². The van der Waals surface area contributed by atoms with E-state index in [1.807, 2.05) is 25.1 Å². The molecule has 0 aliphatic heterocycles. The van der Waals surface area contributed by atoms with Crippen molar-refractivity contribution in [2.24, 2.45) is 5.73 Å². The molecule has 1 heterocycles. The highest BCUT2D eigenvalue weighted by Crippen LogP contribution is 2.12. The third kappa shape index (κ3) is 2.75. The van der Waals surface area contributed by atoms with Crippen molar-refractivity contribution in [3.05, 3.63) is 47.2 Å². The number of nitrogens with zero attached hydrogens (tertiary/aromatic N) is 1. The first kappa shape index (κ1) is 12.3. The predicted octanol–water partition coefficient (Wildman–Crippen LogP) is 1.47. The zero-order valence-corrected chi connectivity index (χ0v) is 10.2. The van der Waals surface area contributed by atoms with Crippen LogP contribution in [0.2, 0.25) is 0 Å². The third-order valence-electron chi connectivity index (χ3n) is 2.69. The summed E-state index contributed by atoms with van der Waals surface area (Å²) in [4.78, 5) is 12.0. The van der Waals surface area contributed by atoms with E-state index in [0.29, 0.717) is 17.9 Å². The van der Waals surface area contributed by atoms with Crippen molar-refractivity contribution in [2.75, 3.05) is 11.9 Å². The average molecular weight is 244 g/mol. The molecule has 0 saturated heterocycles. The fraction of sp³-hybridized carbons (Fsp3) is 0.231. The first-order valence-corrected chi connectivity index (χ1v) is 5.81. The van der Waals surface area contributed by atoms with Crippen LogP contribution >= 0.6 is 0 Å². The molecule has 0 radical (unpaired) electrons. The molecule has 1 aromatic carbocycles. The molecule has 0 atom stereocenters. The van der Waals surface area contributed by atoms with Crippen molar-refractivity contribution in [3.8, 4) is 0 Å². The second-order valence-corrected chi connectivity index (χ2v) is 4.12. The number of rotatable bonds is 4. The quantitative estimate of drug-likeness (QED) is 0.761. The Balaban J connectivity index is 2.14. The normalized spacial score (nSPS) is 10.3. The van der Waals surface area contributed by atoms with Crippen molar-refractivity contribution in [1.82, 2.24) is 10.2 Å². The van der Waals surface area contributed by atoms with Crippen LogP contribution in [0.3, 0.4) is 0 Å². The first-order valence-electron chi connectivity index (χ1n) is 5.81. The van der Waals surface area contributed by atoms with E-state index in [-0.39, 0.29) is 5.91 Å². The van der Waals surface area contributed by atoms with Gasteiger partial charge in [-0.25, -0.2) is 0 Å². The summed E-state index contributed by atoms with van der Waals surface area (Å²) in [6.45, 7) is 2.45. The summed E-state index contributed by atoms with van der Waals surface area (Å²) in [6.07, 6.45) is 2.44. The number of carbonyl (C=O) groups excluding carboxylic acids is 1. The van der Waals surface area contributed by atoms with Gasteiger partial charge in [0.2, 0.25) is 0 Å².